The lowest BCUT2D eigenvalue weighted by atomic mass is 10.1. The molecule has 0 amide bonds. The summed E-state index contributed by atoms with van der Waals surface area (Å²) in [5.74, 6) is 1.68. The lowest BCUT2D eigenvalue weighted by Gasteiger charge is -2.12. The van der Waals surface area contributed by atoms with Gasteiger partial charge in [-0.3, -0.25) is 0 Å². The van der Waals surface area contributed by atoms with Gasteiger partial charge in [-0.1, -0.05) is 6.07 Å². The van der Waals surface area contributed by atoms with Crippen LogP contribution in [0.5, 0.6) is 11.5 Å². The number of methoxy groups -OCH3 is 1. The minimum absolute atomic E-state index is 0.655. The summed E-state index contributed by atoms with van der Waals surface area (Å²) in [5, 5.41) is 3.35. The van der Waals surface area contributed by atoms with Gasteiger partial charge in [-0.25, -0.2) is 0 Å². The van der Waals surface area contributed by atoms with Gasteiger partial charge in [0.15, 0.2) is 11.5 Å². The number of hydrogen-bond donors (Lipinski definition) is 1. The Morgan fingerprint density at radius 1 is 1.00 bits per heavy atom. The van der Waals surface area contributed by atoms with Crippen LogP contribution in [0.25, 0.3) is 0 Å². The number of nitrogens with one attached hydrogen (secondary N) is 1. The van der Waals surface area contributed by atoms with E-state index in [9.17, 15) is 0 Å². The maximum atomic E-state index is 5.63. The van der Waals surface area contributed by atoms with Crippen molar-refractivity contribution in [3.05, 3.63) is 23.8 Å². The van der Waals surface area contributed by atoms with Gasteiger partial charge in [-0.05, 0) is 50.9 Å². The van der Waals surface area contributed by atoms with Crippen LogP contribution >= 0.6 is 0 Å². The van der Waals surface area contributed by atoms with E-state index in [0.29, 0.717) is 13.2 Å². The number of hydrogen-bond acceptors (Lipinski definition) is 4. The molecule has 4 nitrogen and oxygen atoms in total. The first kappa shape index (κ1) is 16.8. The smallest absolute Gasteiger partial charge is 0.161 e. The highest BCUT2D eigenvalue weighted by atomic mass is 16.5. The number of aryl methyl sites for hydroxylation is 1. The van der Waals surface area contributed by atoms with Crippen LogP contribution in [0.2, 0.25) is 0 Å². The SMILES string of the molecule is CCOc1ccc(CCCNCCOC)cc1OCC. The van der Waals surface area contributed by atoms with Crippen molar-refractivity contribution >= 4 is 0 Å². The van der Waals surface area contributed by atoms with E-state index in [2.05, 4.69) is 17.4 Å². The summed E-state index contributed by atoms with van der Waals surface area (Å²) in [7, 11) is 1.72. The van der Waals surface area contributed by atoms with E-state index in [1.165, 1.54) is 5.56 Å². The molecule has 0 unspecified atom stereocenters. The third kappa shape index (κ3) is 6.26. The predicted octanol–water partition coefficient (Wildman–Crippen LogP) is 2.65. The molecule has 0 radical (unpaired) electrons. The van der Waals surface area contributed by atoms with Gasteiger partial charge < -0.3 is 19.5 Å². The molecule has 4 heteroatoms. The van der Waals surface area contributed by atoms with Crippen molar-refractivity contribution in [1.29, 1.82) is 0 Å². The third-order valence-electron chi connectivity index (χ3n) is 2.91. The van der Waals surface area contributed by atoms with Gasteiger partial charge >= 0.3 is 0 Å². The first-order chi connectivity index (χ1) is 9.81. The van der Waals surface area contributed by atoms with E-state index in [1.54, 1.807) is 7.11 Å². The van der Waals surface area contributed by atoms with Crippen LogP contribution in [-0.4, -0.2) is 40.0 Å². The molecule has 1 N–H and O–H groups in total. The lowest BCUT2D eigenvalue weighted by molar-refractivity contribution is 0.199. The van der Waals surface area contributed by atoms with Gasteiger partial charge in [-0.2, -0.15) is 0 Å². The van der Waals surface area contributed by atoms with Gasteiger partial charge in [0.1, 0.15) is 0 Å². The van der Waals surface area contributed by atoms with Gasteiger partial charge in [0.25, 0.3) is 0 Å². The molecule has 0 aliphatic rings. The Balaban J connectivity index is 2.43. The average Bonchev–Trinajstić information content (AvgIpc) is 2.46. The predicted molar refractivity (Wildman–Crippen MR) is 81.8 cm³/mol. The molecule has 1 aromatic rings. The Hall–Kier alpha value is -1.26. The van der Waals surface area contributed by atoms with Gasteiger partial charge in [0.05, 0.1) is 19.8 Å². The molecule has 0 aromatic heterocycles. The van der Waals surface area contributed by atoms with Crippen LogP contribution in [0.1, 0.15) is 25.8 Å². The molecule has 0 fully saturated rings. The Morgan fingerprint density at radius 2 is 1.75 bits per heavy atom. The second-order valence-corrected chi connectivity index (χ2v) is 4.49. The van der Waals surface area contributed by atoms with E-state index >= 15 is 0 Å². The Morgan fingerprint density at radius 3 is 2.45 bits per heavy atom. The summed E-state index contributed by atoms with van der Waals surface area (Å²) in [6.45, 7) is 7.95. The minimum Gasteiger partial charge on any atom is -0.490 e. The van der Waals surface area contributed by atoms with Crippen molar-refractivity contribution in [1.82, 2.24) is 5.32 Å². The fourth-order valence-electron chi connectivity index (χ4n) is 1.97. The second kappa shape index (κ2) is 10.5. The van der Waals surface area contributed by atoms with E-state index in [1.807, 2.05) is 19.9 Å². The van der Waals surface area contributed by atoms with Crippen LogP contribution in [0.15, 0.2) is 18.2 Å². The molecular formula is C16H27NO3. The molecule has 114 valence electrons. The van der Waals surface area contributed by atoms with E-state index in [-0.39, 0.29) is 0 Å². The molecule has 0 saturated heterocycles. The summed E-state index contributed by atoms with van der Waals surface area (Å²) < 4.78 is 16.2. The summed E-state index contributed by atoms with van der Waals surface area (Å²) in [4.78, 5) is 0. The van der Waals surface area contributed by atoms with E-state index in [4.69, 9.17) is 14.2 Å². The van der Waals surface area contributed by atoms with Crippen molar-refractivity contribution in [2.45, 2.75) is 26.7 Å². The van der Waals surface area contributed by atoms with Gasteiger partial charge in [0, 0.05) is 13.7 Å². The first-order valence-corrected chi connectivity index (χ1v) is 7.40. The zero-order chi connectivity index (χ0) is 14.6. The second-order valence-electron chi connectivity index (χ2n) is 4.49. The van der Waals surface area contributed by atoms with Crippen molar-refractivity contribution in [2.75, 3.05) is 40.0 Å². The van der Waals surface area contributed by atoms with Crippen molar-refractivity contribution in [3.63, 3.8) is 0 Å². The molecule has 1 aromatic carbocycles. The zero-order valence-corrected chi connectivity index (χ0v) is 12.9. The highest BCUT2D eigenvalue weighted by Gasteiger charge is 2.05. The zero-order valence-electron chi connectivity index (χ0n) is 12.9. The van der Waals surface area contributed by atoms with Crippen molar-refractivity contribution < 1.29 is 14.2 Å². The molecule has 0 heterocycles. The Kier molecular flexibility index (Phi) is 8.83. The quantitative estimate of drug-likeness (QED) is 0.633. The molecule has 0 atom stereocenters. The number of ether oxygens (including phenoxy) is 3. The van der Waals surface area contributed by atoms with Crippen LogP contribution in [0, 0.1) is 0 Å². The normalized spacial score (nSPS) is 10.6. The first-order valence-electron chi connectivity index (χ1n) is 7.40. The van der Waals surface area contributed by atoms with Crippen molar-refractivity contribution in [2.24, 2.45) is 0 Å². The van der Waals surface area contributed by atoms with Gasteiger partial charge in [-0.15, -0.1) is 0 Å². The van der Waals surface area contributed by atoms with E-state index in [0.717, 1.165) is 44.0 Å². The molecule has 0 aliphatic heterocycles. The van der Waals surface area contributed by atoms with E-state index < -0.39 is 0 Å². The largest absolute Gasteiger partial charge is 0.490 e. The molecule has 1 rings (SSSR count). The number of rotatable bonds is 11. The monoisotopic (exact) mass is 281 g/mol. The fourth-order valence-corrected chi connectivity index (χ4v) is 1.97. The highest BCUT2D eigenvalue weighted by Crippen LogP contribution is 2.28. The lowest BCUT2D eigenvalue weighted by Crippen LogP contribution is -2.20. The molecule has 0 spiro atoms. The topological polar surface area (TPSA) is 39.7 Å². The molecule has 0 aliphatic carbocycles. The minimum atomic E-state index is 0.655. The Bertz CT molecular complexity index is 369. The summed E-state index contributed by atoms with van der Waals surface area (Å²) in [6.07, 6.45) is 2.13. The molecule has 0 bridgehead atoms. The molecule has 20 heavy (non-hydrogen) atoms. The maximum absolute atomic E-state index is 5.63. The average molecular weight is 281 g/mol. The van der Waals surface area contributed by atoms with Crippen LogP contribution < -0.4 is 14.8 Å². The fraction of sp³-hybridized carbons (Fsp3) is 0.625. The highest BCUT2D eigenvalue weighted by molar-refractivity contribution is 5.43. The summed E-state index contributed by atoms with van der Waals surface area (Å²) in [5.41, 5.74) is 1.28. The number of benzene rings is 1. The van der Waals surface area contributed by atoms with Crippen molar-refractivity contribution in [3.8, 4) is 11.5 Å². The maximum Gasteiger partial charge on any atom is 0.161 e. The third-order valence-corrected chi connectivity index (χ3v) is 2.91. The van der Waals surface area contributed by atoms with Crippen LogP contribution in [0.3, 0.4) is 0 Å². The van der Waals surface area contributed by atoms with Crippen LogP contribution in [0.4, 0.5) is 0 Å². The summed E-state index contributed by atoms with van der Waals surface area (Å²) in [6, 6.07) is 6.20. The molecule has 0 saturated carbocycles. The Labute approximate surface area is 122 Å². The van der Waals surface area contributed by atoms with Crippen LogP contribution in [-0.2, 0) is 11.2 Å². The molecular weight excluding hydrogens is 254 g/mol. The van der Waals surface area contributed by atoms with Gasteiger partial charge in [0.2, 0.25) is 0 Å². The summed E-state index contributed by atoms with van der Waals surface area (Å²) >= 11 is 0. The standard InChI is InChI=1S/C16H27NO3/c1-4-19-15-9-8-14(13-16(15)20-5-2)7-6-10-17-11-12-18-3/h8-9,13,17H,4-7,10-12H2,1-3H3.